The molecule has 2 N–H and O–H groups in total. The lowest BCUT2D eigenvalue weighted by Crippen LogP contribution is -2.46. The molecule has 2 aromatic carbocycles. The zero-order chi connectivity index (χ0) is 39.9. The van der Waals surface area contributed by atoms with E-state index in [1.165, 1.54) is 10.8 Å². The highest BCUT2D eigenvalue weighted by Gasteiger charge is 2.50. The number of alkyl halides is 3. The molecule has 13 nitrogen and oxygen atoms in total. The predicted molar refractivity (Wildman–Crippen MR) is 201 cm³/mol. The normalized spacial score (nSPS) is 18.4. The Morgan fingerprint density at radius 3 is 2.38 bits per heavy atom. The van der Waals surface area contributed by atoms with Gasteiger partial charge in [0.15, 0.2) is 17.3 Å². The molecular weight excluding hydrogens is 751 g/mol. The largest absolute Gasteiger partial charge is 0.504 e. The van der Waals surface area contributed by atoms with E-state index < -0.39 is 29.0 Å². The number of fused-ring (bicyclic) bond motifs is 3. The molecule has 292 valence electrons. The number of nitrogens with zero attached hydrogens (tertiary/aromatic N) is 8. The van der Waals surface area contributed by atoms with Crippen molar-refractivity contribution >= 4 is 34.9 Å². The first kappa shape index (κ1) is 37.6. The molecule has 1 aliphatic heterocycles. The highest BCUT2D eigenvalue weighted by molar-refractivity contribution is 6.33. The predicted octanol–water partition coefficient (Wildman–Crippen LogP) is 5.90. The Morgan fingerprint density at radius 2 is 1.75 bits per heavy atom. The van der Waals surface area contributed by atoms with Crippen molar-refractivity contribution in [2.45, 2.75) is 75.5 Å². The molecule has 2 fully saturated rings. The van der Waals surface area contributed by atoms with Gasteiger partial charge in [-0.05, 0) is 82.8 Å². The molecule has 1 spiro atoms. The summed E-state index contributed by atoms with van der Waals surface area (Å²) in [7, 11) is 4.11. The third kappa shape index (κ3) is 6.18. The molecule has 8 rings (SSSR count). The molecule has 1 atom stereocenters. The Morgan fingerprint density at radius 1 is 1.05 bits per heavy atom. The van der Waals surface area contributed by atoms with Gasteiger partial charge >= 0.3 is 6.18 Å². The molecule has 0 radical (unpaired) electrons. The summed E-state index contributed by atoms with van der Waals surface area (Å²) in [6.45, 7) is 3.77. The van der Waals surface area contributed by atoms with Crippen molar-refractivity contribution in [2.24, 2.45) is 0 Å². The Balaban J connectivity index is 1.18. The Bertz CT molecular complexity index is 2470. The summed E-state index contributed by atoms with van der Waals surface area (Å²) in [4.78, 5) is 58.5. The molecule has 17 heteroatoms. The molecule has 5 aromatic rings. The molecule has 56 heavy (non-hydrogen) atoms. The van der Waals surface area contributed by atoms with Gasteiger partial charge in [-0.3, -0.25) is 19.3 Å². The lowest BCUT2D eigenvalue weighted by Gasteiger charge is -2.39. The Kier molecular flexibility index (Phi) is 8.99. The molecule has 1 saturated carbocycles. The topological polar surface area (TPSA) is 151 Å². The van der Waals surface area contributed by atoms with Crippen LogP contribution in [0.5, 0.6) is 5.75 Å². The standard InChI is InChI=1S/C39H39ClF3N9O4/c1-21-18-37(13-15-50(16-14-37)35(56)30-32(54)22(2)44-20-45-30)29-31(21)51(19-28(53)46-27-10-9-25(17-26(27)40)39(41,42)43)36-47-33(48-52(36)34(29)55)23-5-7-24(8-6-23)38(11-12-38)49(3)4/h5-10,17,20-21,54H,11-16,18-19H2,1-4H3,(H,46,53). The van der Waals surface area contributed by atoms with Gasteiger partial charge in [0.25, 0.3) is 11.5 Å². The van der Waals surface area contributed by atoms with Gasteiger partial charge in [0, 0.05) is 40.9 Å². The number of aromatic nitrogens is 6. The van der Waals surface area contributed by atoms with Crippen LogP contribution in [0.1, 0.15) is 83.5 Å². The molecule has 1 unspecified atom stereocenters. The first-order valence-electron chi connectivity index (χ1n) is 18.3. The number of halogens is 4. The number of carbonyl (C=O) groups is 2. The number of nitrogens with one attached hydrogen (secondary N) is 1. The van der Waals surface area contributed by atoms with Gasteiger partial charge < -0.3 is 19.9 Å². The number of piperidine rings is 1. The Labute approximate surface area is 324 Å². The fraction of sp³-hybridized carbons (Fsp3) is 0.410. The number of hydrogen-bond acceptors (Lipinski definition) is 9. The Hall–Kier alpha value is -5.35. The lowest BCUT2D eigenvalue weighted by atomic mass is 9.73. The van der Waals surface area contributed by atoms with E-state index in [2.05, 4.69) is 34.3 Å². The van der Waals surface area contributed by atoms with Crippen molar-refractivity contribution in [3.63, 3.8) is 0 Å². The van der Waals surface area contributed by atoms with Crippen LogP contribution in [-0.4, -0.2) is 83.0 Å². The van der Waals surface area contributed by atoms with Crippen LogP contribution in [0.4, 0.5) is 18.9 Å². The number of aromatic hydroxyl groups is 1. The third-order valence-electron chi connectivity index (χ3n) is 11.8. The summed E-state index contributed by atoms with van der Waals surface area (Å²) in [5, 5.41) is 17.6. The summed E-state index contributed by atoms with van der Waals surface area (Å²) < 4.78 is 42.8. The number of benzene rings is 2. The quantitative estimate of drug-likeness (QED) is 0.205. The van der Waals surface area contributed by atoms with Gasteiger partial charge in [-0.2, -0.15) is 22.7 Å². The smallest absolute Gasteiger partial charge is 0.416 e. The van der Waals surface area contributed by atoms with Crippen LogP contribution in [0.3, 0.4) is 0 Å². The summed E-state index contributed by atoms with van der Waals surface area (Å²) in [6, 6.07) is 10.6. The van der Waals surface area contributed by atoms with Gasteiger partial charge in [0.05, 0.1) is 22.0 Å². The van der Waals surface area contributed by atoms with Crippen LogP contribution in [0.15, 0.2) is 53.6 Å². The zero-order valence-corrected chi connectivity index (χ0v) is 31.9. The number of hydrogen-bond donors (Lipinski definition) is 2. The van der Waals surface area contributed by atoms with Gasteiger partial charge in [-0.1, -0.05) is 42.8 Å². The van der Waals surface area contributed by atoms with Crippen LogP contribution >= 0.6 is 11.6 Å². The fourth-order valence-corrected chi connectivity index (χ4v) is 8.91. The second-order valence-corrected chi connectivity index (χ2v) is 15.8. The summed E-state index contributed by atoms with van der Waals surface area (Å²) in [5.41, 5.74) is 1.12. The molecule has 3 aliphatic rings. The molecule has 1 saturated heterocycles. The fourth-order valence-electron chi connectivity index (χ4n) is 8.68. The van der Waals surface area contributed by atoms with E-state index >= 15 is 0 Å². The zero-order valence-electron chi connectivity index (χ0n) is 31.1. The maximum absolute atomic E-state index is 14.7. The minimum absolute atomic E-state index is 0.00161. The molecular formula is C39H39ClF3N9O4. The van der Waals surface area contributed by atoms with Crippen LogP contribution < -0.4 is 10.9 Å². The average Bonchev–Trinajstić information content (AvgIpc) is 3.77. The minimum atomic E-state index is -4.61. The third-order valence-corrected chi connectivity index (χ3v) is 12.1. The van der Waals surface area contributed by atoms with E-state index in [0.29, 0.717) is 36.1 Å². The first-order chi connectivity index (χ1) is 26.5. The van der Waals surface area contributed by atoms with Crippen molar-refractivity contribution in [1.82, 2.24) is 38.9 Å². The van der Waals surface area contributed by atoms with Crippen molar-refractivity contribution in [3.05, 3.63) is 97.9 Å². The molecule has 0 bridgehead atoms. The first-order valence-corrected chi connectivity index (χ1v) is 18.7. The number of anilines is 1. The average molecular weight is 790 g/mol. The van der Waals surface area contributed by atoms with Crippen molar-refractivity contribution in [2.75, 3.05) is 32.5 Å². The number of rotatable bonds is 7. The maximum atomic E-state index is 14.7. The maximum Gasteiger partial charge on any atom is 0.416 e. The van der Waals surface area contributed by atoms with Crippen LogP contribution in [0.25, 0.3) is 17.2 Å². The second-order valence-electron chi connectivity index (χ2n) is 15.4. The van der Waals surface area contributed by atoms with Crippen LogP contribution in [0.2, 0.25) is 5.02 Å². The lowest BCUT2D eigenvalue weighted by molar-refractivity contribution is -0.137. The van der Waals surface area contributed by atoms with Crippen molar-refractivity contribution in [3.8, 4) is 17.1 Å². The highest BCUT2D eigenvalue weighted by Crippen LogP contribution is 2.51. The summed E-state index contributed by atoms with van der Waals surface area (Å²) in [5.74, 6) is -1.11. The van der Waals surface area contributed by atoms with E-state index in [1.54, 1.807) is 16.4 Å². The monoisotopic (exact) mass is 789 g/mol. The van der Waals surface area contributed by atoms with Crippen molar-refractivity contribution in [1.29, 1.82) is 0 Å². The number of likely N-dealkylation sites (tertiary alicyclic amines) is 1. The number of aryl methyl sites for hydroxylation is 1. The van der Waals surface area contributed by atoms with Gasteiger partial charge in [-0.15, -0.1) is 5.10 Å². The van der Waals surface area contributed by atoms with Gasteiger partial charge in [-0.25, -0.2) is 9.97 Å². The SMILES string of the molecule is Cc1ncnc(C(=O)N2CCC3(CC2)CC(C)c2c3c(=O)n3nc(-c4ccc(C5(N(C)C)CC5)cc4)nc3n2CC(=O)Nc2ccc(C(F)(F)F)cc2Cl)c1O. The molecule has 2 amide bonds. The van der Waals surface area contributed by atoms with E-state index in [0.717, 1.165) is 36.6 Å². The summed E-state index contributed by atoms with van der Waals surface area (Å²) in [6.07, 6.45) is 0.108. The van der Waals surface area contributed by atoms with Gasteiger partial charge in [0.2, 0.25) is 11.7 Å². The second kappa shape index (κ2) is 13.4. The van der Waals surface area contributed by atoms with E-state index in [4.69, 9.17) is 21.7 Å². The molecule has 3 aromatic heterocycles. The van der Waals surface area contributed by atoms with Crippen LogP contribution in [-0.2, 0) is 28.5 Å². The van der Waals surface area contributed by atoms with E-state index in [9.17, 15) is 32.7 Å². The number of amides is 2. The summed E-state index contributed by atoms with van der Waals surface area (Å²) >= 11 is 6.19. The molecule has 2 aliphatic carbocycles. The van der Waals surface area contributed by atoms with E-state index in [1.807, 2.05) is 31.2 Å². The van der Waals surface area contributed by atoms with Crippen molar-refractivity contribution < 1.29 is 27.9 Å². The molecule has 4 heterocycles. The number of carbonyl (C=O) groups excluding carboxylic acids is 2. The van der Waals surface area contributed by atoms with E-state index in [-0.39, 0.29) is 76.1 Å². The van der Waals surface area contributed by atoms with Crippen LogP contribution in [0, 0.1) is 6.92 Å². The minimum Gasteiger partial charge on any atom is -0.504 e. The highest BCUT2D eigenvalue weighted by atomic mass is 35.5. The van der Waals surface area contributed by atoms with Gasteiger partial charge in [0.1, 0.15) is 12.9 Å².